The van der Waals surface area contributed by atoms with E-state index < -0.39 is 0 Å². The molecule has 1 aliphatic rings. The molecule has 0 amide bonds. The molecule has 1 aliphatic heterocycles. The molecule has 16 heavy (non-hydrogen) atoms. The van der Waals surface area contributed by atoms with Crippen LogP contribution in [0, 0.1) is 0 Å². The third-order valence-corrected chi connectivity index (χ3v) is 3.27. The van der Waals surface area contributed by atoms with Crippen molar-refractivity contribution >= 4 is 22.1 Å². The molecule has 3 aromatic heterocycles. The summed E-state index contributed by atoms with van der Waals surface area (Å²) < 4.78 is 2.25. The van der Waals surface area contributed by atoms with Crippen LogP contribution in [0.5, 0.6) is 0 Å². The summed E-state index contributed by atoms with van der Waals surface area (Å²) in [6, 6.07) is 2.60. The summed E-state index contributed by atoms with van der Waals surface area (Å²) >= 11 is 0. The zero-order chi connectivity index (χ0) is 10.5. The van der Waals surface area contributed by atoms with Gasteiger partial charge in [-0.1, -0.05) is 0 Å². The number of aromatic nitrogens is 4. The lowest BCUT2D eigenvalue weighted by molar-refractivity contribution is 0.351. The minimum Gasteiger partial charge on any atom is -0.346 e. The summed E-state index contributed by atoms with van der Waals surface area (Å²) in [6.45, 7) is 2.05. The van der Waals surface area contributed by atoms with Gasteiger partial charge in [-0.2, -0.15) is 0 Å². The second-order valence-corrected chi connectivity index (χ2v) is 4.20. The van der Waals surface area contributed by atoms with Crippen LogP contribution in [0.15, 0.2) is 24.8 Å². The number of rotatable bonds is 1. The van der Waals surface area contributed by atoms with E-state index in [4.69, 9.17) is 0 Å². The van der Waals surface area contributed by atoms with Gasteiger partial charge in [0, 0.05) is 24.7 Å². The van der Waals surface area contributed by atoms with Gasteiger partial charge in [0.15, 0.2) is 0 Å². The van der Waals surface area contributed by atoms with Gasteiger partial charge >= 0.3 is 0 Å². The molecule has 4 rings (SSSR count). The Morgan fingerprint density at radius 2 is 2.25 bits per heavy atom. The standard InChI is InChI=1S/C11H11N5/c1-2-13-11-8(1)10-9(5-14-11)15-6-16(10)7-3-12-4-7/h1-2,5-7,12H,3-4H2,(H,13,14). The fraction of sp³-hybridized carbons (Fsp3) is 0.273. The third kappa shape index (κ3) is 0.931. The Kier molecular flexibility index (Phi) is 1.46. The number of imidazole rings is 1. The van der Waals surface area contributed by atoms with Crippen LogP contribution in [0.25, 0.3) is 22.1 Å². The maximum atomic E-state index is 4.41. The Morgan fingerprint density at radius 3 is 3.06 bits per heavy atom. The molecule has 5 heteroatoms. The average Bonchev–Trinajstić information content (AvgIpc) is 2.79. The lowest BCUT2D eigenvalue weighted by atomic mass is 10.1. The number of pyridine rings is 1. The highest BCUT2D eigenvalue weighted by atomic mass is 15.2. The number of hydrogen-bond donors (Lipinski definition) is 2. The van der Waals surface area contributed by atoms with Crippen molar-refractivity contribution in [3.63, 3.8) is 0 Å². The Labute approximate surface area is 91.5 Å². The minimum absolute atomic E-state index is 0.533. The molecular formula is C11H11N5. The molecular weight excluding hydrogens is 202 g/mol. The molecule has 0 atom stereocenters. The first-order valence-electron chi connectivity index (χ1n) is 5.43. The van der Waals surface area contributed by atoms with Crippen LogP contribution in [-0.2, 0) is 0 Å². The van der Waals surface area contributed by atoms with E-state index in [-0.39, 0.29) is 0 Å². The quantitative estimate of drug-likeness (QED) is 0.635. The summed E-state index contributed by atoms with van der Waals surface area (Å²) in [5, 5.41) is 4.44. The van der Waals surface area contributed by atoms with E-state index in [1.54, 1.807) is 0 Å². The Bertz CT molecular complexity index is 661. The molecule has 0 spiro atoms. The zero-order valence-corrected chi connectivity index (χ0v) is 8.64. The van der Waals surface area contributed by atoms with Crippen LogP contribution in [0.3, 0.4) is 0 Å². The van der Waals surface area contributed by atoms with E-state index in [0.29, 0.717) is 6.04 Å². The molecule has 0 saturated carbocycles. The second-order valence-electron chi connectivity index (χ2n) is 4.20. The number of H-pyrrole nitrogens is 1. The van der Waals surface area contributed by atoms with Crippen LogP contribution < -0.4 is 5.32 Å². The highest BCUT2D eigenvalue weighted by molar-refractivity contribution is 6.00. The highest BCUT2D eigenvalue weighted by Crippen LogP contribution is 2.25. The van der Waals surface area contributed by atoms with Crippen LogP contribution in [-0.4, -0.2) is 32.6 Å². The molecule has 0 unspecified atom stereocenters. The lowest BCUT2D eigenvalue weighted by Gasteiger charge is -2.28. The summed E-state index contributed by atoms with van der Waals surface area (Å²) in [4.78, 5) is 11.9. The van der Waals surface area contributed by atoms with Gasteiger partial charge < -0.3 is 14.9 Å². The lowest BCUT2D eigenvalue weighted by Crippen LogP contribution is -2.43. The maximum absolute atomic E-state index is 4.41. The van der Waals surface area contributed by atoms with Crippen molar-refractivity contribution in [2.24, 2.45) is 0 Å². The van der Waals surface area contributed by atoms with Crippen molar-refractivity contribution < 1.29 is 0 Å². The van der Waals surface area contributed by atoms with Gasteiger partial charge in [-0.05, 0) is 6.07 Å². The predicted octanol–water partition coefficient (Wildman–Crippen LogP) is 1.06. The Hall–Kier alpha value is -1.88. The van der Waals surface area contributed by atoms with Crippen LogP contribution in [0.2, 0.25) is 0 Å². The number of aromatic amines is 1. The summed E-state index contributed by atoms with van der Waals surface area (Å²) in [5.74, 6) is 0. The molecule has 0 bridgehead atoms. The van der Waals surface area contributed by atoms with E-state index in [9.17, 15) is 0 Å². The summed E-state index contributed by atoms with van der Waals surface area (Å²) in [6.07, 6.45) is 5.68. The molecule has 3 aromatic rings. The normalized spacial score (nSPS) is 17.0. The van der Waals surface area contributed by atoms with Gasteiger partial charge in [0.1, 0.15) is 11.2 Å². The topological polar surface area (TPSA) is 58.5 Å². The molecule has 0 radical (unpaired) electrons. The average molecular weight is 213 g/mol. The smallest absolute Gasteiger partial charge is 0.139 e. The molecule has 2 N–H and O–H groups in total. The summed E-state index contributed by atoms with van der Waals surface area (Å²) in [5.41, 5.74) is 3.10. The van der Waals surface area contributed by atoms with Gasteiger partial charge in [0.2, 0.25) is 0 Å². The molecule has 5 nitrogen and oxygen atoms in total. The maximum Gasteiger partial charge on any atom is 0.139 e. The molecule has 1 saturated heterocycles. The van der Waals surface area contributed by atoms with Gasteiger partial charge in [0.05, 0.1) is 24.1 Å². The van der Waals surface area contributed by atoms with E-state index in [2.05, 4.69) is 30.9 Å². The number of fused-ring (bicyclic) bond motifs is 3. The van der Waals surface area contributed by atoms with Crippen LogP contribution >= 0.6 is 0 Å². The van der Waals surface area contributed by atoms with Gasteiger partial charge in [-0.3, -0.25) is 0 Å². The third-order valence-electron chi connectivity index (χ3n) is 3.27. The number of nitrogens with zero attached hydrogens (tertiary/aromatic N) is 3. The first kappa shape index (κ1) is 8.29. The van der Waals surface area contributed by atoms with E-state index in [0.717, 1.165) is 29.6 Å². The van der Waals surface area contributed by atoms with Gasteiger partial charge in [-0.25, -0.2) is 9.97 Å². The fourth-order valence-electron chi connectivity index (χ4n) is 2.28. The van der Waals surface area contributed by atoms with E-state index >= 15 is 0 Å². The molecule has 80 valence electrons. The summed E-state index contributed by atoms with van der Waals surface area (Å²) in [7, 11) is 0. The first-order chi connectivity index (χ1) is 7.93. The van der Waals surface area contributed by atoms with Crippen molar-refractivity contribution in [3.05, 3.63) is 24.8 Å². The van der Waals surface area contributed by atoms with Crippen molar-refractivity contribution in [2.45, 2.75) is 6.04 Å². The van der Waals surface area contributed by atoms with Crippen molar-refractivity contribution in [3.8, 4) is 0 Å². The van der Waals surface area contributed by atoms with Crippen LogP contribution in [0.4, 0.5) is 0 Å². The predicted molar refractivity (Wildman–Crippen MR) is 61.3 cm³/mol. The SMILES string of the molecule is c1cc2c(ncc3ncn(C4CNC4)c32)[nH]1. The molecule has 0 aromatic carbocycles. The van der Waals surface area contributed by atoms with Crippen molar-refractivity contribution in [1.29, 1.82) is 0 Å². The number of nitrogens with one attached hydrogen (secondary N) is 2. The minimum atomic E-state index is 0.533. The van der Waals surface area contributed by atoms with Gasteiger partial charge in [0.25, 0.3) is 0 Å². The van der Waals surface area contributed by atoms with Gasteiger partial charge in [-0.15, -0.1) is 0 Å². The highest BCUT2D eigenvalue weighted by Gasteiger charge is 2.21. The first-order valence-corrected chi connectivity index (χ1v) is 5.43. The van der Waals surface area contributed by atoms with Crippen molar-refractivity contribution in [2.75, 3.05) is 13.1 Å². The fourth-order valence-corrected chi connectivity index (χ4v) is 2.28. The zero-order valence-electron chi connectivity index (χ0n) is 8.64. The molecule has 4 heterocycles. The molecule has 1 fully saturated rings. The Morgan fingerprint density at radius 1 is 1.31 bits per heavy atom. The van der Waals surface area contributed by atoms with E-state index in [1.165, 1.54) is 5.52 Å². The Balaban J connectivity index is 2.11. The van der Waals surface area contributed by atoms with Crippen molar-refractivity contribution in [1.82, 2.24) is 24.8 Å². The monoisotopic (exact) mass is 213 g/mol. The largest absolute Gasteiger partial charge is 0.346 e. The van der Waals surface area contributed by atoms with Crippen LogP contribution in [0.1, 0.15) is 6.04 Å². The second kappa shape index (κ2) is 2.82. The number of hydrogen-bond acceptors (Lipinski definition) is 3. The molecule has 0 aliphatic carbocycles. The van der Waals surface area contributed by atoms with E-state index in [1.807, 2.05) is 18.7 Å².